The van der Waals surface area contributed by atoms with Crippen molar-refractivity contribution in [2.24, 2.45) is 0 Å². The first-order valence-electron chi connectivity index (χ1n) is 8.22. The van der Waals surface area contributed by atoms with Crippen molar-refractivity contribution in [3.8, 4) is 17.0 Å². The van der Waals surface area contributed by atoms with Gasteiger partial charge in [-0.15, -0.1) is 0 Å². The zero-order chi connectivity index (χ0) is 19.4. The molecule has 0 spiro atoms. The Balaban J connectivity index is 1.76. The maximum absolute atomic E-state index is 12.6. The van der Waals surface area contributed by atoms with Gasteiger partial charge in [0.1, 0.15) is 0 Å². The number of aromatic nitrogens is 2. The van der Waals surface area contributed by atoms with E-state index in [-0.39, 0.29) is 22.6 Å². The molecule has 28 heavy (non-hydrogen) atoms. The van der Waals surface area contributed by atoms with Crippen LogP contribution in [0.25, 0.3) is 37.4 Å². The van der Waals surface area contributed by atoms with Crippen LogP contribution in [0, 0.1) is 10.1 Å². The second-order valence-electron chi connectivity index (χ2n) is 6.12. The summed E-state index contributed by atoms with van der Waals surface area (Å²) < 4.78 is 13.6. The van der Waals surface area contributed by atoms with Gasteiger partial charge in [-0.3, -0.25) is 14.5 Å². The molecule has 0 fully saturated rings. The van der Waals surface area contributed by atoms with Crippen molar-refractivity contribution in [3.05, 3.63) is 69.2 Å². The SMILES string of the molecule is COc1cc([N+](=O)[O-])cc2cc(-c3cn4c(n3)sc3ccccc34)c(=O)oc12. The fourth-order valence-electron chi connectivity index (χ4n) is 3.20. The van der Waals surface area contributed by atoms with Crippen LogP contribution in [-0.2, 0) is 0 Å². The number of benzene rings is 2. The van der Waals surface area contributed by atoms with Crippen molar-refractivity contribution in [3.63, 3.8) is 0 Å². The first kappa shape index (κ1) is 16.5. The van der Waals surface area contributed by atoms with Crippen molar-refractivity contribution in [1.29, 1.82) is 0 Å². The number of nitro benzene ring substituents is 1. The van der Waals surface area contributed by atoms with Gasteiger partial charge in [-0.25, -0.2) is 9.78 Å². The van der Waals surface area contributed by atoms with Crippen LogP contribution in [0.4, 0.5) is 5.69 Å². The van der Waals surface area contributed by atoms with Gasteiger partial charge in [0.05, 0.1) is 39.6 Å². The number of methoxy groups -OCH3 is 1. The van der Waals surface area contributed by atoms with Gasteiger partial charge >= 0.3 is 5.63 Å². The zero-order valence-corrected chi connectivity index (χ0v) is 15.2. The van der Waals surface area contributed by atoms with E-state index in [4.69, 9.17) is 9.15 Å². The lowest BCUT2D eigenvalue weighted by molar-refractivity contribution is -0.384. The van der Waals surface area contributed by atoms with Crippen LogP contribution < -0.4 is 10.4 Å². The van der Waals surface area contributed by atoms with Gasteiger partial charge in [-0.1, -0.05) is 23.5 Å². The molecule has 3 aromatic heterocycles. The Bertz CT molecular complexity index is 1460. The summed E-state index contributed by atoms with van der Waals surface area (Å²) in [7, 11) is 1.36. The summed E-state index contributed by atoms with van der Waals surface area (Å²) in [5.74, 6) is 0.129. The van der Waals surface area contributed by atoms with Gasteiger partial charge in [0, 0.05) is 17.6 Å². The van der Waals surface area contributed by atoms with Crippen LogP contribution in [-0.4, -0.2) is 21.4 Å². The number of fused-ring (bicyclic) bond motifs is 4. The third kappa shape index (κ3) is 2.37. The Hall–Kier alpha value is -3.72. The van der Waals surface area contributed by atoms with Gasteiger partial charge in [-0.2, -0.15) is 0 Å². The fourth-order valence-corrected chi connectivity index (χ4v) is 4.21. The molecule has 0 unspecified atom stereocenters. The van der Waals surface area contributed by atoms with Crippen LogP contribution in [0.3, 0.4) is 0 Å². The highest BCUT2D eigenvalue weighted by Gasteiger charge is 2.19. The van der Waals surface area contributed by atoms with Gasteiger partial charge in [0.25, 0.3) is 5.69 Å². The van der Waals surface area contributed by atoms with Crippen LogP contribution in [0.5, 0.6) is 5.75 Å². The Kier molecular flexibility index (Phi) is 3.46. The molecule has 0 aliphatic rings. The highest BCUT2D eigenvalue weighted by atomic mass is 32.1. The molecule has 0 N–H and O–H groups in total. The molecular weight excluding hydrogens is 382 g/mol. The second-order valence-corrected chi connectivity index (χ2v) is 7.13. The van der Waals surface area contributed by atoms with Gasteiger partial charge < -0.3 is 9.15 Å². The first-order chi connectivity index (χ1) is 13.5. The first-order valence-corrected chi connectivity index (χ1v) is 9.04. The van der Waals surface area contributed by atoms with Gasteiger partial charge in [0.2, 0.25) is 0 Å². The third-order valence-electron chi connectivity index (χ3n) is 4.49. The molecule has 2 aromatic carbocycles. The summed E-state index contributed by atoms with van der Waals surface area (Å²) in [6, 6.07) is 12.0. The van der Waals surface area contributed by atoms with Crippen LogP contribution in [0.1, 0.15) is 0 Å². The quantitative estimate of drug-likeness (QED) is 0.258. The van der Waals surface area contributed by atoms with Crippen molar-refractivity contribution in [1.82, 2.24) is 9.38 Å². The lowest BCUT2D eigenvalue weighted by Gasteiger charge is -2.05. The fraction of sp³-hybridized carbons (Fsp3) is 0.0526. The molecule has 5 rings (SSSR count). The average Bonchev–Trinajstić information content (AvgIpc) is 3.24. The molecule has 0 amide bonds. The molecule has 0 aliphatic heterocycles. The van der Waals surface area contributed by atoms with Crippen LogP contribution >= 0.6 is 11.3 Å². The average molecular weight is 393 g/mol. The molecule has 0 saturated carbocycles. The molecule has 0 atom stereocenters. The highest BCUT2D eigenvalue weighted by molar-refractivity contribution is 7.23. The predicted octanol–water partition coefficient (Wildman–Crippen LogP) is 4.24. The number of thiazole rings is 1. The van der Waals surface area contributed by atoms with E-state index < -0.39 is 10.5 Å². The standard InChI is InChI=1S/C19H11N3O5S/c1-26-15-8-11(22(24)25)6-10-7-12(18(23)27-17(10)15)13-9-21-14-4-2-3-5-16(14)28-19(21)20-13/h2-9H,1H3. The molecule has 5 aromatic rings. The molecular formula is C19H11N3O5S. The van der Waals surface area contributed by atoms with Crippen LogP contribution in [0.2, 0.25) is 0 Å². The topological polar surface area (TPSA) is 99.9 Å². The number of imidazole rings is 1. The number of para-hydroxylation sites is 1. The minimum Gasteiger partial charge on any atom is -0.493 e. The number of hydrogen-bond donors (Lipinski definition) is 0. The normalized spacial score (nSPS) is 11.5. The summed E-state index contributed by atoms with van der Waals surface area (Å²) >= 11 is 1.51. The number of hydrogen-bond acceptors (Lipinski definition) is 7. The maximum atomic E-state index is 12.6. The molecule has 8 nitrogen and oxygen atoms in total. The summed E-state index contributed by atoms with van der Waals surface area (Å²) in [4.78, 5) is 28.5. The van der Waals surface area contributed by atoms with Gasteiger partial charge in [0.15, 0.2) is 16.3 Å². The third-order valence-corrected chi connectivity index (χ3v) is 5.52. The van der Waals surface area contributed by atoms with E-state index in [1.807, 2.05) is 28.7 Å². The Morgan fingerprint density at radius 2 is 2.07 bits per heavy atom. The Morgan fingerprint density at radius 1 is 1.25 bits per heavy atom. The lowest BCUT2D eigenvalue weighted by Crippen LogP contribution is -2.04. The number of nitrogens with zero attached hydrogens (tertiary/aromatic N) is 3. The van der Waals surface area contributed by atoms with E-state index in [1.54, 1.807) is 12.3 Å². The monoisotopic (exact) mass is 393 g/mol. The van der Waals surface area contributed by atoms with E-state index in [2.05, 4.69) is 4.98 Å². The molecule has 3 heterocycles. The Labute approximate surface area is 160 Å². The second kappa shape index (κ2) is 5.89. The molecule has 0 saturated heterocycles. The molecule has 0 radical (unpaired) electrons. The van der Waals surface area contributed by atoms with E-state index in [1.165, 1.54) is 30.6 Å². The zero-order valence-electron chi connectivity index (χ0n) is 14.4. The summed E-state index contributed by atoms with van der Waals surface area (Å²) in [6.45, 7) is 0. The van der Waals surface area contributed by atoms with Crippen molar-refractivity contribution < 1.29 is 14.1 Å². The number of rotatable bonds is 3. The molecule has 0 bridgehead atoms. The van der Waals surface area contributed by atoms with Crippen LogP contribution in [0.15, 0.2) is 57.9 Å². The van der Waals surface area contributed by atoms with Gasteiger partial charge in [-0.05, 0) is 18.2 Å². The molecule has 138 valence electrons. The minimum absolute atomic E-state index is 0.129. The summed E-state index contributed by atoms with van der Waals surface area (Å²) in [5, 5.41) is 11.6. The lowest BCUT2D eigenvalue weighted by atomic mass is 10.1. The largest absolute Gasteiger partial charge is 0.493 e. The van der Waals surface area contributed by atoms with Crippen molar-refractivity contribution >= 4 is 43.2 Å². The van der Waals surface area contributed by atoms with Crippen molar-refractivity contribution in [2.75, 3.05) is 7.11 Å². The molecule has 0 aliphatic carbocycles. The highest BCUT2D eigenvalue weighted by Crippen LogP contribution is 2.33. The Morgan fingerprint density at radius 3 is 2.86 bits per heavy atom. The van der Waals surface area contributed by atoms with E-state index in [0.29, 0.717) is 11.1 Å². The maximum Gasteiger partial charge on any atom is 0.345 e. The predicted molar refractivity (Wildman–Crippen MR) is 105 cm³/mol. The van der Waals surface area contributed by atoms with E-state index >= 15 is 0 Å². The number of nitro groups is 1. The van der Waals surface area contributed by atoms with E-state index in [0.717, 1.165) is 15.2 Å². The summed E-state index contributed by atoms with van der Waals surface area (Å²) in [5.41, 5.74) is 1.08. The van der Waals surface area contributed by atoms with Crippen molar-refractivity contribution in [2.45, 2.75) is 0 Å². The van der Waals surface area contributed by atoms with E-state index in [9.17, 15) is 14.9 Å². The summed E-state index contributed by atoms with van der Waals surface area (Å²) in [6.07, 6.45) is 1.76. The number of non-ortho nitro benzene ring substituents is 1. The smallest absolute Gasteiger partial charge is 0.345 e. The molecule has 9 heteroatoms. The minimum atomic E-state index is -0.588. The number of ether oxygens (including phenoxy) is 1.